The molecule has 0 saturated heterocycles. The van der Waals surface area contributed by atoms with Crippen molar-refractivity contribution in [2.24, 2.45) is 0 Å². The quantitative estimate of drug-likeness (QED) is 0.691. The Hall–Kier alpha value is -0.870. The zero-order valence-electron chi connectivity index (χ0n) is 9.16. The first-order valence-corrected chi connectivity index (χ1v) is 4.95. The van der Waals surface area contributed by atoms with Gasteiger partial charge in [-0.3, -0.25) is 4.68 Å². The van der Waals surface area contributed by atoms with Gasteiger partial charge in [0.15, 0.2) is 0 Å². The molecule has 0 bridgehead atoms. The van der Waals surface area contributed by atoms with Crippen molar-refractivity contribution in [1.82, 2.24) is 15.1 Å². The van der Waals surface area contributed by atoms with Crippen LogP contribution in [0.3, 0.4) is 0 Å². The highest BCUT2D eigenvalue weighted by atomic mass is 16.5. The van der Waals surface area contributed by atoms with E-state index in [0.717, 1.165) is 25.4 Å². The highest BCUT2D eigenvalue weighted by Crippen LogP contribution is 2.03. The highest BCUT2D eigenvalue weighted by molar-refractivity contribution is 4.95. The van der Waals surface area contributed by atoms with E-state index in [9.17, 15) is 0 Å². The van der Waals surface area contributed by atoms with Crippen molar-refractivity contribution in [2.45, 2.75) is 19.9 Å². The van der Waals surface area contributed by atoms with Crippen molar-refractivity contribution in [3.63, 3.8) is 0 Å². The molecule has 0 aliphatic heterocycles. The molecule has 0 saturated carbocycles. The molecule has 0 fully saturated rings. The van der Waals surface area contributed by atoms with Crippen molar-refractivity contribution in [2.75, 3.05) is 26.8 Å². The van der Waals surface area contributed by atoms with Gasteiger partial charge in [-0.1, -0.05) is 0 Å². The van der Waals surface area contributed by atoms with Crippen molar-refractivity contribution in [1.29, 1.82) is 0 Å². The van der Waals surface area contributed by atoms with Gasteiger partial charge in [-0.2, -0.15) is 5.10 Å². The standard InChI is InChI=1S/C10H19N3O/c1-9-4-6-13(12-9)10(2)8-11-5-7-14-3/h4,6,10-11H,5,7-8H2,1-3H3. The fourth-order valence-corrected chi connectivity index (χ4v) is 1.26. The van der Waals surface area contributed by atoms with E-state index in [1.807, 2.05) is 23.9 Å². The largest absolute Gasteiger partial charge is 0.383 e. The number of hydrogen-bond acceptors (Lipinski definition) is 3. The minimum absolute atomic E-state index is 0.389. The summed E-state index contributed by atoms with van der Waals surface area (Å²) in [6, 6.07) is 2.41. The highest BCUT2D eigenvalue weighted by Gasteiger charge is 2.03. The summed E-state index contributed by atoms with van der Waals surface area (Å²) in [7, 11) is 1.71. The van der Waals surface area contributed by atoms with Crippen LogP contribution in [-0.4, -0.2) is 36.6 Å². The predicted octanol–water partition coefficient (Wildman–Crippen LogP) is 0.989. The van der Waals surface area contributed by atoms with Gasteiger partial charge in [0.25, 0.3) is 0 Å². The van der Waals surface area contributed by atoms with Gasteiger partial charge in [0, 0.05) is 26.4 Å². The van der Waals surface area contributed by atoms with Crippen molar-refractivity contribution < 1.29 is 4.74 Å². The molecule has 0 spiro atoms. The van der Waals surface area contributed by atoms with E-state index >= 15 is 0 Å². The van der Waals surface area contributed by atoms with Gasteiger partial charge in [0.2, 0.25) is 0 Å². The van der Waals surface area contributed by atoms with Gasteiger partial charge in [0.05, 0.1) is 18.3 Å². The normalized spacial score (nSPS) is 13.1. The van der Waals surface area contributed by atoms with Gasteiger partial charge in [0.1, 0.15) is 0 Å². The minimum atomic E-state index is 0.389. The van der Waals surface area contributed by atoms with Gasteiger partial charge >= 0.3 is 0 Å². The minimum Gasteiger partial charge on any atom is -0.383 e. The van der Waals surface area contributed by atoms with Crippen LogP contribution < -0.4 is 5.32 Å². The summed E-state index contributed by atoms with van der Waals surface area (Å²) in [5.41, 5.74) is 1.06. The number of aromatic nitrogens is 2. The average molecular weight is 197 g/mol. The molecule has 14 heavy (non-hydrogen) atoms. The Balaban J connectivity index is 2.25. The number of ether oxygens (including phenoxy) is 1. The molecule has 0 radical (unpaired) electrons. The van der Waals surface area contributed by atoms with E-state index in [0.29, 0.717) is 6.04 Å². The summed E-state index contributed by atoms with van der Waals surface area (Å²) >= 11 is 0. The molecule has 1 heterocycles. The predicted molar refractivity (Wildman–Crippen MR) is 56.4 cm³/mol. The lowest BCUT2D eigenvalue weighted by Gasteiger charge is -2.12. The third-order valence-corrected chi connectivity index (χ3v) is 2.12. The first-order valence-electron chi connectivity index (χ1n) is 4.95. The summed E-state index contributed by atoms with van der Waals surface area (Å²) in [5, 5.41) is 7.66. The van der Waals surface area contributed by atoms with Crippen LogP contribution in [0.25, 0.3) is 0 Å². The van der Waals surface area contributed by atoms with Crippen LogP contribution in [0.5, 0.6) is 0 Å². The molecule has 1 aromatic rings. The molecule has 0 aliphatic rings. The third-order valence-electron chi connectivity index (χ3n) is 2.12. The number of nitrogens with one attached hydrogen (secondary N) is 1. The van der Waals surface area contributed by atoms with Crippen LogP contribution in [0.4, 0.5) is 0 Å². The van der Waals surface area contributed by atoms with Crippen LogP contribution in [0.2, 0.25) is 0 Å². The van der Waals surface area contributed by atoms with E-state index in [4.69, 9.17) is 4.74 Å². The maximum Gasteiger partial charge on any atom is 0.0615 e. The zero-order valence-corrected chi connectivity index (χ0v) is 9.16. The average Bonchev–Trinajstić information content (AvgIpc) is 2.59. The van der Waals surface area contributed by atoms with Crippen LogP contribution in [0.15, 0.2) is 12.3 Å². The topological polar surface area (TPSA) is 39.1 Å². The van der Waals surface area contributed by atoms with Gasteiger partial charge in [-0.05, 0) is 19.9 Å². The molecule has 0 aliphatic carbocycles. The Bertz CT molecular complexity index is 260. The molecule has 4 heteroatoms. The molecule has 0 amide bonds. The Morgan fingerprint density at radius 1 is 1.64 bits per heavy atom. The molecule has 80 valence electrons. The van der Waals surface area contributed by atoms with Crippen molar-refractivity contribution >= 4 is 0 Å². The van der Waals surface area contributed by atoms with Crippen molar-refractivity contribution in [3.8, 4) is 0 Å². The van der Waals surface area contributed by atoms with Crippen molar-refractivity contribution in [3.05, 3.63) is 18.0 Å². The van der Waals surface area contributed by atoms with Crippen LogP contribution in [0.1, 0.15) is 18.7 Å². The van der Waals surface area contributed by atoms with Gasteiger partial charge in [-0.25, -0.2) is 0 Å². The number of nitrogens with zero attached hydrogens (tertiary/aromatic N) is 2. The summed E-state index contributed by atoms with van der Waals surface area (Å²) in [4.78, 5) is 0. The molecule has 4 nitrogen and oxygen atoms in total. The SMILES string of the molecule is COCCNCC(C)n1ccc(C)n1. The maximum absolute atomic E-state index is 4.95. The smallest absolute Gasteiger partial charge is 0.0615 e. The lowest BCUT2D eigenvalue weighted by atomic mass is 10.3. The first-order chi connectivity index (χ1) is 6.74. The summed E-state index contributed by atoms with van der Waals surface area (Å²) in [6.45, 7) is 6.71. The molecule has 1 aromatic heterocycles. The Morgan fingerprint density at radius 2 is 2.43 bits per heavy atom. The van der Waals surface area contributed by atoms with Crippen LogP contribution in [0, 0.1) is 6.92 Å². The second-order valence-electron chi connectivity index (χ2n) is 3.48. The molecule has 1 N–H and O–H groups in total. The van der Waals surface area contributed by atoms with E-state index < -0.39 is 0 Å². The van der Waals surface area contributed by atoms with E-state index in [1.165, 1.54) is 0 Å². The fourth-order valence-electron chi connectivity index (χ4n) is 1.26. The number of methoxy groups -OCH3 is 1. The molecule has 1 unspecified atom stereocenters. The number of rotatable bonds is 6. The fraction of sp³-hybridized carbons (Fsp3) is 0.700. The molecular weight excluding hydrogens is 178 g/mol. The van der Waals surface area contributed by atoms with Gasteiger partial charge in [-0.15, -0.1) is 0 Å². The summed E-state index contributed by atoms with van der Waals surface area (Å²) < 4.78 is 6.93. The van der Waals surface area contributed by atoms with Crippen LogP contribution >= 0.6 is 0 Å². The Labute approximate surface area is 85.3 Å². The van der Waals surface area contributed by atoms with Crippen LogP contribution in [-0.2, 0) is 4.74 Å². The summed E-state index contributed by atoms with van der Waals surface area (Å²) in [6.07, 6.45) is 2.01. The monoisotopic (exact) mass is 197 g/mol. The molecule has 1 atom stereocenters. The first kappa shape index (κ1) is 11.2. The summed E-state index contributed by atoms with van der Waals surface area (Å²) in [5.74, 6) is 0. The number of aryl methyl sites for hydroxylation is 1. The second kappa shape index (κ2) is 5.78. The third kappa shape index (κ3) is 3.47. The Morgan fingerprint density at radius 3 is 3.00 bits per heavy atom. The maximum atomic E-state index is 4.95. The van der Waals surface area contributed by atoms with Gasteiger partial charge < -0.3 is 10.1 Å². The molecular formula is C10H19N3O. The second-order valence-corrected chi connectivity index (χ2v) is 3.48. The lowest BCUT2D eigenvalue weighted by molar-refractivity contribution is 0.198. The molecule has 1 rings (SSSR count). The zero-order chi connectivity index (χ0) is 10.4. The van der Waals surface area contributed by atoms with E-state index in [1.54, 1.807) is 7.11 Å². The lowest BCUT2D eigenvalue weighted by Crippen LogP contribution is -2.26. The molecule has 0 aromatic carbocycles. The Kier molecular flexibility index (Phi) is 4.62. The van der Waals surface area contributed by atoms with E-state index in [2.05, 4.69) is 17.3 Å². The number of hydrogen-bond donors (Lipinski definition) is 1. The van der Waals surface area contributed by atoms with E-state index in [-0.39, 0.29) is 0 Å².